The summed E-state index contributed by atoms with van der Waals surface area (Å²) in [7, 11) is -1.25. The molecule has 1 aliphatic rings. The lowest BCUT2D eigenvalue weighted by molar-refractivity contribution is -0.385. The van der Waals surface area contributed by atoms with E-state index in [1.54, 1.807) is 6.21 Å². The third-order valence-electron chi connectivity index (χ3n) is 6.45. The van der Waals surface area contributed by atoms with Gasteiger partial charge in [0.25, 0.3) is 5.69 Å². The quantitative estimate of drug-likeness (QED) is 0.283. The van der Waals surface area contributed by atoms with Gasteiger partial charge >= 0.3 is 0 Å². The summed E-state index contributed by atoms with van der Waals surface area (Å²) < 4.78 is 26.5. The predicted molar refractivity (Wildman–Crippen MR) is 144 cm³/mol. The van der Waals surface area contributed by atoms with E-state index < -0.39 is 14.9 Å². The minimum Gasteiger partial charge on any atom is -0.370 e. The molecule has 11 nitrogen and oxygen atoms in total. The molecule has 1 saturated heterocycles. The number of hydrogen-bond acceptors (Lipinski definition) is 8. The topological polar surface area (TPSA) is 128 Å². The van der Waals surface area contributed by atoms with E-state index in [2.05, 4.69) is 15.4 Å². The maximum atomic E-state index is 12.9. The van der Waals surface area contributed by atoms with Crippen LogP contribution in [0, 0.1) is 16.0 Å². The molecule has 0 saturated carbocycles. The number of amides is 1. The molecule has 0 radical (unpaired) electrons. The van der Waals surface area contributed by atoms with Crippen LogP contribution in [-0.4, -0.2) is 74.9 Å². The van der Waals surface area contributed by atoms with Crippen molar-refractivity contribution in [3.05, 3.63) is 58.1 Å². The summed E-state index contributed by atoms with van der Waals surface area (Å²) in [6.07, 6.45) is 3.33. The fraction of sp³-hybridized carbons (Fsp3) is 0.440. The van der Waals surface area contributed by atoms with Crippen LogP contribution in [0.2, 0.25) is 0 Å². The second kappa shape index (κ2) is 12.2. The summed E-state index contributed by atoms with van der Waals surface area (Å²) in [6, 6.07) is 11.2. The van der Waals surface area contributed by atoms with Crippen molar-refractivity contribution in [1.29, 1.82) is 0 Å². The Morgan fingerprint density at radius 2 is 1.92 bits per heavy atom. The maximum absolute atomic E-state index is 12.9. The number of hydrogen-bond donors (Lipinski definition) is 1. The number of hydrazone groups is 1. The third-order valence-corrected chi connectivity index (χ3v) is 8.30. The molecule has 1 fully saturated rings. The van der Waals surface area contributed by atoms with E-state index >= 15 is 0 Å². The Morgan fingerprint density at radius 3 is 2.57 bits per heavy atom. The first-order valence-electron chi connectivity index (χ1n) is 12.2. The smallest absolute Gasteiger partial charge is 0.270 e. The van der Waals surface area contributed by atoms with Gasteiger partial charge in [0.05, 0.1) is 22.7 Å². The van der Waals surface area contributed by atoms with E-state index in [0.717, 1.165) is 41.0 Å². The molecular formula is C25H34N6O5S. The third kappa shape index (κ3) is 6.44. The van der Waals surface area contributed by atoms with Crippen molar-refractivity contribution in [3.8, 4) is 0 Å². The van der Waals surface area contributed by atoms with E-state index in [4.69, 9.17) is 0 Å². The highest BCUT2D eigenvalue weighted by atomic mass is 32.2. The lowest BCUT2D eigenvalue weighted by atomic mass is 9.95. The van der Waals surface area contributed by atoms with Crippen LogP contribution in [0.1, 0.15) is 32.3 Å². The number of piperidine rings is 1. The van der Waals surface area contributed by atoms with Crippen LogP contribution in [-0.2, 0) is 14.8 Å². The summed E-state index contributed by atoms with van der Waals surface area (Å²) in [5.74, 6) is 0.103. The number of nitrogens with one attached hydrogen (secondary N) is 1. The molecule has 37 heavy (non-hydrogen) atoms. The number of benzene rings is 2. The Bertz CT molecular complexity index is 1260. The molecule has 0 aromatic heterocycles. The van der Waals surface area contributed by atoms with Gasteiger partial charge in [-0.3, -0.25) is 20.3 Å². The zero-order valence-electron chi connectivity index (χ0n) is 21.6. The van der Waals surface area contributed by atoms with Crippen molar-refractivity contribution in [2.75, 3.05) is 50.6 Å². The van der Waals surface area contributed by atoms with Gasteiger partial charge in [-0.2, -0.15) is 5.10 Å². The number of anilines is 2. The minimum atomic E-state index is -3.96. The highest BCUT2D eigenvalue weighted by Crippen LogP contribution is 2.29. The lowest BCUT2D eigenvalue weighted by Gasteiger charge is -2.36. The highest BCUT2D eigenvalue weighted by Gasteiger charge is 2.29. The number of nitro benzene ring substituents is 1. The Morgan fingerprint density at radius 1 is 1.22 bits per heavy atom. The van der Waals surface area contributed by atoms with Crippen LogP contribution in [0.25, 0.3) is 0 Å². The number of sulfonamides is 1. The van der Waals surface area contributed by atoms with Crippen molar-refractivity contribution in [2.24, 2.45) is 11.0 Å². The highest BCUT2D eigenvalue weighted by molar-refractivity contribution is 7.89. The van der Waals surface area contributed by atoms with Gasteiger partial charge in [0.1, 0.15) is 4.90 Å². The predicted octanol–water partition coefficient (Wildman–Crippen LogP) is 3.38. The van der Waals surface area contributed by atoms with Crippen molar-refractivity contribution < 1.29 is 18.1 Å². The number of carbonyl (C=O) groups excluding carboxylic acids is 1. The Kier molecular flexibility index (Phi) is 9.22. The molecule has 0 spiro atoms. The van der Waals surface area contributed by atoms with Gasteiger partial charge < -0.3 is 9.80 Å². The molecule has 1 atom stereocenters. The van der Waals surface area contributed by atoms with Crippen LogP contribution in [0.5, 0.6) is 0 Å². The summed E-state index contributed by atoms with van der Waals surface area (Å²) >= 11 is 0. The van der Waals surface area contributed by atoms with Crippen LogP contribution < -0.4 is 10.3 Å². The number of rotatable bonds is 10. The van der Waals surface area contributed by atoms with Crippen LogP contribution in [0.3, 0.4) is 0 Å². The summed E-state index contributed by atoms with van der Waals surface area (Å²) in [6.45, 7) is 6.78. The molecular weight excluding hydrogens is 496 g/mol. The average Bonchev–Trinajstić information content (AvgIpc) is 2.89. The molecule has 2 aromatic rings. The van der Waals surface area contributed by atoms with Crippen LogP contribution >= 0.6 is 0 Å². The van der Waals surface area contributed by atoms with Gasteiger partial charge in [-0.15, -0.1) is 0 Å². The van der Waals surface area contributed by atoms with Gasteiger partial charge in [0.2, 0.25) is 15.9 Å². The van der Waals surface area contributed by atoms with Crippen molar-refractivity contribution in [3.63, 3.8) is 0 Å². The molecule has 0 bridgehead atoms. The van der Waals surface area contributed by atoms with Crippen LogP contribution in [0.4, 0.5) is 17.1 Å². The Labute approximate surface area is 217 Å². The van der Waals surface area contributed by atoms with Gasteiger partial charge in [-0.25, -0.2) is 12.7 Å². The van der Waals surface area contributed by atoms with E-state index in [0.29, 0.717) is 19.6 Å². The minimum absolute atomic E-state index is 0.0734. The fourth-order valence-corrected chi connectivity index (χ4v) is 5.43. The van der Waals surface area contributed by atoms with Gasteiger partial charge in [0, 0.05) is 63.7 Å². The largest absolute Gasteiger partial charge is 0.370 e. The molecule has 200 valence electrons. The number of nitrogens with zero attached hydrogens (tertiary/aromatic N) is 5. The molecule has 12 heteroatoms. The Hall–Kier alpha value is -3.51. The zero-order chi connectivity index (χ0) is 27.2. The first-order valence-corrected chi connectivity index (χ1v) is 13.7. The molecule has 1 aliphatic heterocycles. The number of carbonyl (C=O) groups is 1. The summed E-state index contributed by atoms with van der Waals surface area (Å²) in [4.78, 5) is 27.3. The monoisotopic (exact) mass is 530 g/mol. The molecule has 1 heterocycles. The summed E-state index contributed by atoms with van der Waals surface area (Å²) in [5.41, 5.74) is 4.25. The van der Waals surface area contributed by atoms with Crippen LogP contribution in [0.15, 0.2) is 52.5 Å². The summed E-state index contributed by atoms with van der Waals surface area (Å²) in [5, 5.41) is 15.5. The molecule has 0 aliphatic carbocycles. The molecule has 1 amide bonds. The molecule has 3 rings (SSSR count). The maximum Gasteiger partial charge on any atom is 0.270 e. The number of non-ortho nitro benzene ring substituents is 1. The first kappa shape index (κ1) is 28.1. The average molecular weight is 531 g/mol. The molecule has 2 aromatic carbocycles. The van der Waals surface area contributed by atoms with Crippen molar-refractivity contribution in [2.45, 2.75) is 31.6 Å². The Balaban J connectivity index is 1.85. The fourth-order valence-electron chi connectivity index (χ4n) is 4.37. The second-order valence-corrected chi connectivity index (χ2v) is 11.1. The molecule has 1 unspecified atom stereocenters. The standard InChI is InChI=1S/C25H34N6O5S/c1-5-29(6-2)25(32)20-11-9-15-30(18-20)23-12-8-7-10-19(23)17-26-27-22-14-13-21(31(33)34)16-24(22)37(35,36)28(3)4/h7-8,10,12-14,16-17,20,27H,5-6,9,11,15,18H2,1-4H3. The molecule has 1 N–H and O–H groups in total. The van der Waals surface area contributed by atoms with E-state index in [-0.39, 0.29) is 28.1 Å². The van der Waals surface area contributed by atoms with Crippen molar-refractivity contribution in [1.82, 2.24) is 9.21 Å². The SMILES string of the molecule is CCN(CC)C(=O)C1CCCN(c2ccccc2C=NNc2ccc([N+](=O)[O-])cc2S(=O)(=O)N(C)C)C1. The van der Waals surface area contributed by atoms with Crippen molar-refractivity contribution >= 4 is 39.2 Å². The van der Waals surface area contributed by atoms with Gasteiger partial charge in [-0.1, -0.05) is 18.2 Å². The second-order valence-electron chi connectivity index (χ2n) is 8.95. The zero-order valence-corrected chi connectivity index (χ0v) is 22.4. The van der Waals surface area contributed by atoms with Gasteiger partial charge in [-0.05, 0) is 38.8 Å². The lowest BCUT2D eigenvalue weighted by Crippen LogP contribution is -2.45. The van der Waals surface area contributed by atoms with Gasteiger partial charge in [0.15, 0.2) is 0 Å². The van der Waals surface area contributed by atoms with E-state index in [1.807, 2.05) is 43.0 Å². The number of para-hydroxylation sites is 1. The first-order chi connectivity index (χ1) is 17.6. The van der Waals surface area contributed by atoms with E-state index in [1.165, 1.54) is 26.2 Å². The van der Waals surface area contributed by atoms with E-state index in [9.17, 15) is 23.3 Å². The normalized spacial score (nSPS) is 16.2. The number of nitro groups is 1.